The summed E-state index contributed by atoms with van der Waals surface area (Å²) < 4.78 is 0. The lowest BCUT2D eigenvalue weighted by Gasteiger charge is -2.12. The van der Waals surface area contributed by atoms with Crippen LogP contribution in [-0.4, -0.2) is 28.2 Å². The predicted octanol–water partition coefficient (Wildman–Crippen LogP) is 1.50. The Morgan fingerprint density at radius 1 is 1.47 bits per heavy atom. The Morgan fingerprint density at radius 3 is 2.80 bits per heavy atom. The summed E-state index contributed by atoms with van der Waals surface area (Å²) in [5, 5.41) is 0.333. The third-order valence-corrected chi connectivity index (χ3v) is 2.52. The number of imide groups is 1. The molecule has 15 heavy (non-hydrogen) atoms. The first-order chi connectivity index (χ1) is 7.18. The number of hydrogen-bond donors (Lipinski definition) is 0. The zero-order valence-corrected chi connectivity index (χ0v) is 8.70. The maximum Gasteiger partial charge on any atom is 0.262 e. The van der Waals surface area contributed by atoms with Crippen LogP contribution in [-0.2, 0) is 4.79 Å². The fourth-order valence-electron chi connectivity index (χ4n) is 1.52. The van der Waals surface area contributed by atoms with Crippen molar-refractivity contribution in [2.45, 2.75) is 12.8 Å². The summed E-state index contributed by atoms with van der Waals surface area (Å²) in [7, 11) is 0. The summed E-state index contributed by atoms with van der Waals surface area (Å²) in [6.07, 6.45) is 2.58. The molecule has 1 fully saturated rings. The monoisotopic (exact) mass is 224 g/mol. The zero-order chi connectivity index (χ0) is 10.8. The Balaban J connectivity index is 2.20. The van der Waals surface area contributed by atoms with Gasteiger partial charge in [0.15, 0.2) is 0 Å². The van der Waals surface area contributed by atoms with Crippen LogP contribution >= 0.6 is 11.6 Å². The van der Waals surface area contributed by atoms with E-state index >= 15 is 0 Å². The van der Waals surface area contributed by atoms with Crippen molar-refractivity contribution >= 4 is 23.4 Å². The minimum atomic E-state index is -0.290. The minimum absolute atomic E-state index is 0.116. The summed E-state index contributed by atoms with van der Waals surface area (Å²) in [4.78, 5) is 28.2. The lowest BCUT2D eigenvalue weighted by Crippen LogP contribution is -2.31. The number of aromatic nitrogens is 1. The van der Waals surface area contributed by atoms with E-state index in [-0.39, 0.29) is 11.8 Å². The van der Waals surface area contributed by atoms with Gasteiger partial charge in [0.1, 0.15) is 5.15 Å². The molecule has 0 bridgehead atoms. The Labute approximate surface area is 91.9 Å². The predicted molar refractivity (Wildman–Crippen MR) is 54.5 cm³/mol. The number of nitrogens with zero attached hydrogens (tertiary/aromatic N) is 2. The van der Waals surface area contributed by atoms with Crippen LogP contribution in [0.3, 0.4) is 0 Å². The van der Waals surface area contributed by atoms with Gasteiger partial charge in [0.05, 0.1) is 5.56 Å². The van der Waals surface area contributed by atoms with E-state index in [1.165, 1.54) is 17.2 Å². The maximum atomic E-state index is 11.8. The van der Waals surface area contributed by atoms with Gasteiger partial charge < -0.3 is 0 Å². The van der Waals surface area contributed by atoms with E-state index in [0.29, 0.717) is 23.7 Å². The molecule has 78 valence electrons. The SMILES string of the molecule is O=C1CCCN1C(=O)c1ccc(Cl)nc1. The molecule has 4 nitrogen and oxygen atoms in total. The zero-order valence-electron chi connectivity index (χ0n) is 7.94. The van der Waals surface area contributed by atoms with Crippen molar-refractivity contribution in [3.63, 3.8) is 0 Å². The van der Waals surface area contributed by atoms with E-state index in [2.05, 4.69) is 4.98 Å². The highest BCUT2D eigenvalue weighted by Gasteiger charge is 2.27. The smallest absolute Gasteiger partial charge is 0.262 e. The normalized spacial score (nSPS) is 15.8. The number of halogens is 1. The van der Waals surface area contributed by atoms with Crippen molar-refractivity contribution < 1.29 is 9.59 Å². The van der Waals surface area contributed by atoms with Crippen molar-refractivity contribution in [2.24, 2.45) is 0 Å². The number of rotatable bonds is 1. The molecule has 0 aliphatic carbocycles. The molecule has 0 aromatic carbocycles. The van der Waals surface area contributed by atoms with Crippen LogP contribution in [0, 0.1) is 0 Å². The van der Waals surface area contributed by atoms with Gasteiger partial charge in [-0.2, -0.15) is 0 Å². The van der Waals surface area contributed by atoms with Crippen LogP contribution < -0.4 is 0 Å². The van der Waals surface area contributed by atoms with Crippen LogP contribution in [0.2, 0.25) is 5.15 Å². The highest BCUT2D eigenvalue weighted by Crippen LogP contribution is 2.14. The third-order valence-electron chi connectivity index (χ3n) is 2.29. The van der Waals surface area contributed by atoms with Gasteiger partial charge in [-0.25, -0.2) is 4.98 Å². The van der Waals surface area contributed by atoms with Crippen molar-refractivity contribution in [2.75, 3.05) is 6.54 Å². The summed E-state index contributed by atoms with van der Waals surface area (Å²) in [5.41, 5.74) is 0.398. The Hall–Kier alpha value is -1.42. The van der Waals surface area contributed by atoms with Crippen LogP contribution in [0.4, 0.5) is 0 Å². The second-order valence-electron chi connectivity index (χ2n) is 3.32. The first-order valence-electron chi connectivity index (χ1n) is 4.65. The molecule has 2 heterocycles. The molecule has 1 aliphatic heterocycles. The van der Waals surface area contributed by atoms with Crippen molar-refractivity contribution in [3.8, 4) is 0 Å². The molecular formula is C10H9ClN2O2. The van der Waals surface area contributed by atoms with Crippen molar-refractivity contribution in [1.29, 1.82) is 0 Å². The van der Waals surface area contributed by atoms with E-state index < -0.39 is 0 Å². The Kier molecular flexibility index (Phi) is 2.68. The molecule has 2 rings (SSSR count). The van der Waals surface area contributed by atoms with E-state index in [0.717, 1.165) is 6.42 Å². The summed E-state index contributed by atoms with van der Waals surface area (Å²) in [5.74, 6) is -0.406. The van der Waals surface area contributed by atoms with Crippen LogP contribution in [0.1, 0.15) is 23.2 Å². The number of amides is 2. The van der Waals surface area contributed by atoms with Gasteiger partial charge in [0.25, 0.3) is 5.91 Å². The third kappa shape index (κ3) is 1.99. The number of hydrogen-bond acceptors (Lipinski definition) is 3. The minimum Gasteiger partial charge on any atom is -0.278 e. The highest BCUT2D eigenvalue weighted by molar-refractivity contribution is 6.29. The lowest BCUT2D eigenvalue weighted by atomic mass is 10.2. The molecule has 1 aromatic rings. The van der Waals surface area contributed by atoms with Gasteiger partial charge >= 0.3 is 0 Å². The average molecular weight is 225 g/mol. The maximum absolute atomic E-state index is 11.8. The molecule has 0 atom stereocenters. The number of likely N-dealkylation sites (tertiary alicyclic amines) is 1. The van der Waals surface area contributed by atoms with E-state index in [1.54, 1.807) is 6.07 Å². The van der Waals surface area contributed by atoms with Gasteiger partial charge in [0.2, 0.25) is 5.91 Å². The number of carbonyl (C=O) groups excluding carboxylic acids is 2. The van der Waals surface area contributed by atoms with Crippen LogP contribution in [0.15, 0.2) is 18.3 Å². The number of pyridine rings is 1. The fourth-order valence-corrected chi connectivity index (χ4v) is 1.63. The first-order valence-corrected chi connectivity index (χ1v) is 5.02. The molecule has 2 amide bonds. The molecule has 0 spiro atoms. The van der Waals surface area contributed by atoms with Gasteiger partial charge in [-0.3, -0.25) is 14.5 Å². The van der Waals surface area contributed by atoms with Gasteiger partial charge in [-0.15, -0.1) is 0 Å². The second kappa shape index (κ2) is 3.98. The topological polar surface area (TPSA) is 50.3 Å². The molecule has 0 N–H and O–H groups in total. The van der Waals surface area contributed by atoms with Crippen LogP contribution in [0.25, 0.3) is 0 Å². The molecule has 1 aliphatic rings. The molecule has 0 saturated carbocycles. The highest BCUT2D eigenvalue weighted by atomic mass is 35.5. The summed E-state index contributed by atoms with van der Waals surface area (Å²) >= 11 is 5.60. The number of carbonyl (C=O) groups is 2. The molecule has 0 unspecified atom stereocenters. The molecule has 5 heteroatoms. The van der Waals surface area contributed by atoms with Gasteiger partial charge in [0, 0.05) is 19.2 Å². The fraction of sp³-hybridized carbons (Fsp3) is 0.300. The van der Waals surface area contributed by atoms with Crippen molar-refractivity contribution in [1.82, 2.24) is 9.88 Å². The van der Waals surface area contributed by atoms with Gasteiger partial charge in [-0.05, 0) is 18.6 Å². The quantitative estimate of drug-likeness (QED) is 0.537. The van der Waals surface area contributed by atoms with E-state index in [1.807, 2.05) is 0 Å². The van der Waals surface area contributed by atoms with E-state index in [4.69, 9.17) is 11.6 Å². The Bertz CT molecular complexity index is 402. The van der Waals surface area contributed by atoms with Gasteiger partial charge in [-0.1, -0.05) is 11.6 Å². The van der Waals surface area contributed by atoms with Crippen LogP contribution in [0.5, 0.6) is 0 Å². The summed E-state index contributed by atoms with van der Waals surface area (Å²) in [6.45, 7) is 0.500. The molecule has 0 radical (unpaired) electrons. The Morgan fingerprint density at radius 2 is 2.27 bits per heavy atom. The standard InChI is InChI=1S/C10H9ClN2O2/c11-8-4-3-7(6-12-8)10(15)13-5-1-2-9(13)14/h3-4,6H,1-2,5H2. The molecule has 1 saturated heterocycles. The second-order valence-corrected chi connectivity index (χ2v) is 3.71. The largest absolute Gasteiger partial charge is 0.278 e. The lowest BCUT2D eigenvalue weighted by molar-refractivity contribution is -0.125. The average Bonchev–Trinajstić information content (AvgIpc) is 2.65. The van der Waals surface area contributed by atoms with Crippen molar-refractivity contribution in [3.05, 3.63) is 29.0 Å². The first kappa shape index (κ1) is 10.1. The summed E-state index contributed by atoms with van der Waals surface area (Å²) in [6, 6.07) is 3.11. The van der Waals surface area contributed by atoms with E-state index in [9.17, 15) is 9.59 Å². The molecule has 1 aromatic heterocycles. The molecular weight excluding hydrogens is 216 g/mol.